The van der Waals surface area contributed by atoms with Gasteiger partial charge in [0.1, 0.15) is 12.7 Å². The van der Waals surface area contributed by atoms with Gasteiger partial charge in [0.15, 0.2) is 5.96 Å². The summed E-state index contributed by atoms with van der Waals surface area (Å²) in [7, 11) is 0. The first-order valence-corrected chi connectivity index (χ1v) is 9.26. The first-order chi connectivity index (χ1) is 12.9. The zero-order chi connectivity index (χ0) is 18.0. The average Bonchev–Trinajstić information content (AvgIpc) is 3.31. The van der Waals surface area contributed by atoms with E-state index in [9.17, 15) is 0 Å². The molecule has 146 valence electrons. The van der Waals surface area contributed by atoms with E-state index in [1.807, 2.05) is 4.57 Å². The lowest BCUT2D eigenvalue weighted by molar-refractivity contribution is 0.611. The van der Waals surface area contributed by atoms with Gasteiger partial charge in [-0.25, -0.2) is 0 Å². The molecule has 8 heteroatoms. The lowest BCUT2D eigenvalue weighted by Gasteiger charge is -2.11. The van der Waals surface area contributed by atoms with Crippen molar-refractivity contribution >= 4 is 40.8 Å². The van der Waals surface area contributed by atoms with E-state index >= 15 is 0 Å². The molecule has 7 nitrogen and oxygen atoms in total. The van der Waals surface area contributed by atoms with Crippen molar-refractivity contribution in [1.82, 2.24) is 30.4 Å². The number of unbranched alkanes of at least 4 members (excludes halogenated alkanes) is 1. The van der Waals surface area contributed by atoms with Gasteiger partial charge in [-0.15, -0.1) is 34.2 Å². The Labute approximate surface area is 177 Å². The highest BCUT2D eigenvalue weighted by Crippen LogP contribution is 2.17. The summed E-state index contributed by atoms with van der Waals surface area (Å²) in [6, 6.07) is 8.41. The molecule has 3 rings (SSSR count). The number of aryl methyl sites for hydroxylation is 1. The number of aliphatic imine (C=N–C) groups is 1. The fourth-order valence-corrected chi connectivity index (χ4v) is 2.93. The van der Waals surface area contributed by atoms with Gasteiger partial charge in [-0.3, -0.25) is 4.99 Å². The van der Waals surface area contributed by atoms with Crippen LogP contribution in [-0.2, 0) is 13.0 Å². The molecule has 1 aromatic carbocycles. The molecule has 2 heterocycles. The fourth-order valence-electron chi connectivity index (χ4n) is 2.93. The van der Waals surface area contributed by atoms with E-state index in [4.69, 9.17) is 0 Å². The predicted octanol–water partition coefficient (Wildman–Crippen LogP) is 2.96. The van der Waals surface area contributed by atoms with E-state index in [1.54, 1.807) is 12.7 Å². The molecule has 0 amide bonds. The quantitative estimate of drug-likeness (QED) is 0.190. The van der Waals surface area contributed by atoms with E-state index < -0.39 is 0 Å². The van der Waals surface area contributed by atoms with Gasteiger partial charge in [-0.05, 0) is 37.8 Å². The SMILES string of the molecule is CCNC(=NCCCCn1cnnc1)NCCc1c[nH]c2ccccc12.I. The van der Waals surface area contributed by atoms with Crippen molar-refractivity contribution in [3.05, 3.63) is 48.7 Å². The molecule has 0 spiro atoms. The van der Waals surface area contributed by atoms with Gasteiger partial charge >= 0.3 is 0 Å². The summed E-state index contributed by atoms with van der Waals surface area (Å²) in [4.78, 5) is 7.99. The molecule has 0 unspecified atom stereocenters. The van der Waals surface area contributed by atoms with Gasteiger partial charge in [0.05, 0.1) is 0 Å². The second kappa shape index (κ2) is 11.6. The molecule has 3 aromatic rings. The van der Waals surface area contributed by atoms with Crippen LogP contribution in [0.4, 0.5) is 0 Å². The van der Waals surface area contributed by atoms with Gasteiger partial charge in [0, 0.05) is 43.3 Å². The Hall–Kier alpha value is -2.10. The zero-order valence-corrected chi connectivity index (χ0v) is 18.0. The molecule has 27 heavy (non-hydrogen) atoms. The summed E-state index contributed by atoms with van der Waals surface area (Å²) >= 11 is 0. The second-order valence-electron chi connectivity index (χ2n) is 6.20. The van der Waals surface area contributed by atoms with Crippen molar-refractivity contribution in [3.63, 3.8) is 0 Å². The molecule has 0 saturated heterocycles. The van der Waals surface area contributed by atoms with Crippen molar-refractivity contribution in [1.29, 1.82) is 0 Å². The van der Waals surface area contributed by atoms with Crippen molar-refractivity contribution in [2.45, 2.75) is 32.7 Å². The first-order valence-electron chi connectivity index (χ1n) is 9.26. The van der Waals surface area contributed by atoms with Crippen LogP contribution in [0.3, 0.4) is 0 Å². The second-order valence-corrected chi connectivity index (χ2v) is 6.20. The molecule has 0 fully saturated rings. The number of hydrogen-bond acceptors (Lipinski definition) is 3. The highest BCUT2D eigenvalue weighted by Gasteiger charge is 2.03. The van der Waals surface area contributed by atoms with Crippen LogP contribution in [0.1, 0.15) is 25.3 Å². The minimum Gasteiger partial charge on any atom is -0.361 e. The summed E-state index contributed by atoms with van der Waals surface area (Å²) in [6.45, 7) is 5.55. The number of hydrogen-bond donors (Lipinski definition) is 3. The van der Waals surface area contributed by atoms with E-state index in [0.29, 0.717) is 0 Å². The number of aromatic amines is 1. The third kappa shape index (κ3) is 6.53. The molecular formula is C19H28IN7. The van der Waals surface area contributed by atoms with E-state index in [0.717, 1.165) is 51.4 Å². The summed E-state index contributed by atoms with van der Waals surface area (Å²) in [6.07, 6.45) is 8.66. The summed E-state index contributed by atoms with van der Waals surface area (Å²) in [5.74, 6) is 0.886. The van der Waals surface area contributed by atoms with Gasteiger partial charge in [0.2, 0.25) is 0 Å². The lowest BCUT2D eigenvalue weighted by Crippen LogP contribution is -2.38. The van der Waals surface area contributed by atoms with Crippen LogP contribution in [-0.4, -0.2) is 45.3 Å². The zero-order valence-electron chi connectivity index (χ0n) is 15.7. The molecule has 2 aromatic heterocycles. The number of para-hydroxylation sites is 1. The number of aromatic nitrogens is 4. The third-order valence-corrected chi connectivity index (χ3v) is 4.27. The Balaban J connectivity index is 0.00000261. The van der Waals surface area contributed by atoms with Crippen LogP contribution < -0.4 is 10.6 Å². The number of guanidine groups is 1. The molecule has 0 saturated carbocycles. The number of rotatable bonds is 9. The molecule has 0 aliphatic rings. The molecule has 0 aliphatic heterocycles. The van der Waals surface area contributed by atoms with Crippen LogP contribution >= 0.6 is 24.0 Å². The lowest BCUT2D eigenvalue weighted by atomic mass is 10.1. The maximum atomic E-state index is 4.66. The molecule has 0 radical (unpaired) electrons. The van der Waals surface area contributed by atoms with Crippen LogP contribution in [0.15, 0.2) is 48.1 Å². The number of nitrogens with one attached hydrogen (secondary N) is 3. The average molecular weight is 481 g/mol. The molecule has 0 atom stereocenters. The van der Waals surface area contributed by atoms with Gasteiger partial charge < -0.3 is 20.2 Å². The van der Waals surface area contributed by atoms with E-state index in [2.05, 4.69) is 68.2 Å². The standard InChI is InChI=1S/C19H27N7.HI/c1-2-20-19(21-10-5-6-12-26-14-24-25-15-26)22-11-9-16-13-23-18-8-4-3-7-17(16)18;/h3-4,7-8,13-15,23H,2,5-6,9-12H2,1H3,(H2,20,21,22);1H. The molecule has 3 N–H and O–H groups in total. The van der Waals surface area contributed by atoms with Crippen LogP contribution in [0.5, 0.6) is 0 Å². The van der Waals surface area contributed by atoms with E-state index in [1.165, 1.54) is 16.5 Å². The topological polar surface area (TPSA) is 82.9 Å². The van der Waals surface area contributed by atoms with Crippen molar-refractivity contribution < 1.29 is 0 Å². The van der Waals surface area contributed by atoms with Crippen molar-refractivity contribution in [3.8, 4) is 0 Å². The number of H-pyrrole nitrogens is 1. The Morgan fingerprint density at radius 3 is 2.78 bits per heavy atom. The molecule has 0 aliphatic carbocycles. The first kappa shape index (κ1) is 21.2. The third-order valence-electron chi connectivity index (χ3n) is 4.27. The summed E-state index contributed by atoms with van der Waals surface area (Å²) < 4.78 is 1.99. The maximum absolute atomic E-state index is 4.66. The maximum Gasteiger partial charge on any atom is 0.191 e. The van der Waals surface area contributed by atoms with Gasteiger partial charge in [-0.1, -0.05) is 18.2 Å². The predicted molar refractivity (Wildman–Crippen MR) is 121 cm³/mol. The monoisotopic (exact) mass is 481 g/mol. The molecule has 0 bridgehead atoms. The Morgan fingerprint density at radius 2 is 1.96 bits per heavy atom. The fraction of sp³-hybridized carbons (Fsp3) is 0.421. The largest absolute Gasteiger partial charge is 0.361 e. The van der Waals surface area contributed by atoms with Crippen LogP contribution in [0.2, 0.25) is 0 Å². The van der Waals surface area contributed by atoms with Gasteiger partial charge in [-0.2, -0.15) is 0 Å². The number of fused-ring (bicyclic) bond motifs is 1. The highest BCUT2D eigenvalue weighted by atomic mass is 127. The Kier molecular flexibility index (Phi) is 9.09. The Morgan fingerprint density at radius 1 is 1.15 bits per heavy atom. The van der Waals surface area contributed by atoms with Crippen LogP contribution in [0.25, 0.3) is 10.9 Å². The smallest absolute Gasteiger partial charge is 0.191 e. The van der Waals surface area contributed by atoms with Crippen molar-refractivity contribution in [2.75, 3.05) is 19.6 Å². The minimum atomic E-state index is 0. The number of benzene rings is 1. The minimum absolute atomic E-state index is 0. The highest BCUT2D eigenvalue weighted by molar-refractivity contribution is 14.0. The summed E-state index contributed by atoms with van der Waals surface area (Å²) in [5.41, 5.74) is 2.52. The summed E-state index contributed by atoms with van der Waals surface area (Å²) in [5, 5.41) is 15.7. The Bertz CT molecular complexity index is 810. The van der Waals surface area contributed by atoms with Gasteiger partial charge in [0.25, 0.3) is 0 Å². The normalized spacial score (nSPS) is 11.4. The molecular weight excluding hydrogens is 453 g/mol. The number of nitrogens with zero attached hydrogens (tertiary/aromatic N) is 4. The van der Waals surface area contributed by atoms with Crippen molar-refractivity contribution in [2.24, 2.45) is 4.99 Å². The van der Waals surface area contributed by atoms with E-state index in [-0.39, 0.29) is 24.0 Å². The van der Waals surface area contributed by atoms with Crippen LogP contribution in [0, 0.1) is 0 Å². The number of halogens is 1.